The van der Waals surface area contributed by atoms with Gasteiger partial charge in [0.2, 0.25) is 0 Å². The number of aliphatic hydroxyl groups is 1. The van der Waals surface area contributed by atoms with Gasteiger partial charge in [0.1, 0.15) is 11.5 Å². The summed E-state index contributed by atoms with van der Waals surface area (Å²) in [6.45, 7) is 8.95. The van der Waals surface area contributed by atoms with E-state index in [1.807, 2.05) is 50.2 Å². The van der Waals surface area contributed by atoms with Crippen LogP contribution in [0.1, 0.15) is 42.5 Å². The van der Waals surface area contributed by atoms with Gasteiger partial charge >= 0.3 is 0 Å². The first-order valence-corrected chi connectivity index (χ1v) is 12.4. The number of Topliss-reactive ketones (excluding diaryl/α,β-unsaturated/α-hetero) is 1. The molecule has 1 atom stereocenters. The second kappa shape index (κ2) is 11.5. The summed E-state index contributed by atoms with van der Waals surface area (Å²) in [5.41, 5.74) is 2.25. The monoisotopic (exact) mass is 478 g/mol. The van der Waals surface area contributed by atoms with Gasteiger partial charge in [-0.3, -0.25) is 14.5 Å². The van der Waals surface area contributed by atoms with Crippen molar-refractivity contribution in [2.45, 2.75) is 32.7 Å². The molecule has 0 aromatic heterocycles. The van der Waals surface area contributed by atoms with E-state index in [9.17, 15) is 14.7 Å². The van der Waals surface area contributed by atoms with E-state index in [4.69, 9.17) is 9.47 Å². The average molecular weight is 479 g/mol. The van der Waals surface area contributed by atoms with Crippen LogP contribution < -0.4 is 4.74 Å². The Morgan fingerprint density at radius 1 is 1.09 bits per heavy atom. The molecule has 2 saturated heterocycles. The molecule has 0 spiro atoms. The number of carbonyl (C=O) groups excluding carboxylic acids is 2. The molecule has 7 heteroatoms. The molecule has 2 heterocycles. The fourth-order valence-electron chi connectivity index (χ4n) is 4.74. The van der Waals surface area contributed by atoms with Crippen LogP contribution in [0.3, 0.4) is 0 Å². The van der Waals surface area contributed by atoms with E-state index in [1.54, 1.807) is 17.0 Å². The number of nitrogens with zero attached hydrogens (tertiary/aromatic N) is 2. The summed E-state index contributed by atoms with van der Waals surface area (Å²) < 4.78 is 11.1. The standard InChI is InChI=1S/C28H34N2O5/c1-3-16-35-22-10-11-23(20(2)19-22)26(31)24-25(21-8-5-4-6-9-21)30(28(33)27(24)32)13-7-12-29-14-17-34-18-15-29/h4-6,8-11,19,25,31H,3,7,12-18H2,1-2H3/b26-24-. The summed E-state index contributed by atoms with van der Waals surface area (Å²) in [7, 11) is 0. The molecule has 7 nitrogen and oxygen atoms in total. The quantitative estimate of drug-likeness (QED) is 0.334. The summed E-state index contributed by atoms with van der Waals surface area (Å²) in [6.07, 6.45) is 1.63. The molecule has 35 heavy (non-hydrogen) atoms. The highest BCUT2D eigenvalue weighted by atomic mass is 16.5. The van der Waals surface area contributed by atoms with Gasteiger partial charge in [-0.1, -0.05) is 37.3 Å². The first-order valence-electron chi connectivity index (χ1n) is 12.4. The SMILES string of the molecule is CCCOc1ccc(/C(O)=C2/C(=O)C(=O)N(CCCN3CCOCC3)C2c2ccccc2)c(C)c1. The number of amides is 1. The van der Waals surface area contributed by atoms with Crippen molar-refractivity contribution in [1.29, 1.82) is 0 Å². The van der Waals surface area contributed by atoms with Crippen molar-refractivity contribution < 1.29 is 24.2 Å². The number of carbonyl (C=O) groups is 2. The van der Waals surface area contributed by atoms with Crippen LogP contribution in [0.25, 0.3) is 5.76 Å². The third-order valence-electron chi connectivity index (χ3n) is 6.56. The molecule has 0 aliphatic carbocycles. The predicted molar refractivity (Wildman–Crippen MR) is 134 cm³/mol. The number of ketones is 1. The fraction of sp³-hybridized carbons (Fsp3) is 0.429. The number of aryl methyl sites for hydroxylation is 1. The summed E-state index contributed by atoms with van der Waals surface area (Å²) in [5.74, 6) is -0.645. The second-order valence-corrected chi connectivity index (χ2v) is 9.04. The van der Waals surface area contributed by atoms with Gasteiger partial charge in [-0.25, -0.2) is 0 Å². The zero-order valence-electron chi connectivity index (χ0n) is 20.5. The highest BCUT2D eigenvalue weighted by Gasteiger charge is 2.45. The van der Waals surface area contributed by atoms with Crippen molar-refractivity contribution in [3.8, 4) is 5.75 Å². The number of hydrogen-bond acceptors (Lipinski definition) is 6. The molecule has 2 aromatic rings. The zero-order chi connectivity index (χ0) is 24.8. The molecular formula is C28H34N2O5. The van der Waals surface area contributed by atoms with E-state index >= 15 is 0 Å². The lowest BCUT2D eigenvalue weighted by molar-refractivity contribution is -0.140. The molecule has 1 unspecified atom stereocenters. The highest BCUT2D eigenvalue weighted by Crippen LogP contribution is 2.40. The maximum absolute atomic E-state index is 13.2. The van der Waals surface area contributed by atoms with E-state index in [-0.39, 0.29) is 11.3 Å². The number of likely N-dealkylation sites (tertiary alicyclic amines) is 1. The van der Waals surface area contributed by atoms with Crippen molar-refractivity contribution in [2.75, 3.05) is 46.0 Å². The lowest BCUT2D eigenvalue weighted by Gasteiger charge is -2.29. The largest absolute Gasteiger partial charge is 0.507 e. The van der Waals surface area contributed by atoms with Gasteiger partial charge < -0.3 is 19.5 Å². The minimum Gasteiger partial charge on any atom is -0.507 e. The molecular weight excluding hydrogens is 444 g/mol. The van der Waals surface area contributed by atoms with E-state index < -0.39 is 17.7 Å². The summed E-state index contributed by atoms with van der Waals surface area (Å²) >= 11 is 0. The third-order valence-corrected chi connectivity index (χ3v) is 6.56. The van der Waals surface area contributed by atoms with Crippen LogP contribution in [-0.4, -0.2) is 72.6 Å². The van der Waals surface area contributed by atoms with Gasteiger partial charge in [-0.05, 0) is 49.1 Å². The Bertz CT molecular complexity index is 1080. The van der Waals surface area contributed by atoms with E-state index in [0.717, 1.165) is 56.8 Å². The van der Waals surface area contributed by atoms with Crippen LogP contribution in [0, 0.1) is 6.92 Å². The van der Waals surface area contributed by atoms with Crippen LogP contribution in [-0.2, 0) is 14.3 Å². The van der Waals surface area contributed by atoms with Crippen LogP contribution in [0.4, 0.5) is 0 Å². The van der Waals surface area contributed by atoms with Crippen molar-refractivity contribution in [1.82, 2.24) is 9.80 Å². The number of rotatable bonds is 9. The third kappa shape index (κ3) is 5.57. The Balaban J connectivity index is 1.65. The smallest absolute Gasteiger partial charge is 0.295 e. The molecule has 2 fully saturated rings. The molecule has 0 bridgehead atoms. The Kier molecular flexibility index (Phi) is 8.21. The normalized spacial score (nSPS) is 20.4. The molecule has 2 aromatic carbocycles. The maximum Gasteiger partial charge on any atom is 0.295 e. The number of morpholine rings is 1. The average Bonchev–Trinajstić information content (AvgIpc) is 3.13. The number of aliphatic hydroxyl groups excluding tert-OH is 1. The van der Waals surface area contributed by atoms with E-state index in [2.05, 4.69) is 4.90 Å². The van der Waals surface area contributed by atoms with Gasteiger partial charge in [-0.15, -0.1) is 0 Å². The van der Waals surface area contributed by atoms with Gasteiger partial charge in [-0.2, -0.15) is 0 Å². The van der Waals surface area contributed by atoms with Crippen molar-refractivity contribution in [3.05, 3.63) is 70.8 Å². The Labute approximate surface area is 206 Å². The van der Waals surface area contributed by atoms with Crippen molar-refractivity contribution in [3.63, 3.8) is 0 Å². The summed E-state index contributed by atoms with van der Waals surface area (Å²) in [4.78, 5) is 30.3. The van der Waals surface area contributed by atoms with E-state index in [1.165, 1.54) is 0 Å². The number of benzene rings is 2. The summed E-state index contributed by atoms with van der Waals surface area (Å²) in [6, 6.07) is 14.2. The van der Waals surface area contributed by atoms with Crippen LogP contribution in [0.5, 0.6) is 5.75 Å². The molecule has 0 radical (unpaired) electrons. The van der Waals surface area contributed by atoms with Gasteiger partial charge in [0.15, 0.2) is 0 Å². The van der Waals surface area contributed by atoms with Crippen LogP contribution in [0.15, 0.2) is 54.1 Å². The molecule has 0 saturated carbocycles. The minimum atomic E-state index is -0.645. The molecule has 1 N–H and O–H groups in total. The predicted octanol–water partition coefficient (Wildman–Crippen LogP) is 3.93. The Morgan fingerprint density at radius 2 is 1.83 bits per heavy atom. The van der Waals surface area contributed by atoms with Crippen molar-refractivity contribution >= 4 is 17.4 Å². The zero-order valence-corrected chi connectivity index (χ0v) is 20.5. The van der Waals surface area contributed by atoms with Crippen LogP contribution >= 0.6 is 0 Å². The molecule has 186 valence electrons. The molecule has 2 aliphatic heterocycles. The van der Waals surface area contributed by atoms with Gasteiger partial charge in [0.05, 0.1) is 31.4 Å². The number of ether oxygens (including phenoxy) is 2. The Hall–Kier alpha value is -3.16. The van der Waals surface area contributed by atoms with Gasteiger partial charge in [0.25, 0.3) is 11.7 Å². The fourth-order valence-corrected chi connectivity index (χ4v) is 4.74. The second-order valence-electron chi connectivity index (χ2n) is 9.04. The van der Waals surface area contributed by atoms with E-state index in [0.29, 0.717) is 24.5 Å². The molecule has 4 rings (SSSR count). The topological polar surface area (TPSA) is 79.3 Å². The summed E-state index contributed by atoms with van der Waals surface area (Å²) in [5, 5.41) is 11.4. The van der Waals surface area contributed by atoms with Crippen molar-refractivity contribution in [2.24, 2.45) is 0 Å². The van der Waals surface area contributed by atoms with Gasteiger partial charge in [0, 0.05) is 31.7 Å². The maximum atomic E-state index is 13.2. The lowest BCUT2D eigenvalue weighted by Crippen LogP contribution is -2.38. The van der Waals surface area contributed by atoms with Crippen LogP contribution in [0.2, 0.25) is 0 Å². The molecule has 1 amide bonds. The lowest BCUT2D eigenvalue weighted by atomic mass is 9.94. The number of hydrogen-bond donors (Lipinski definition) is 1. The molecule has 2 aliphatic rings. The minimum absolute atomic E-state index is 0.137. The Morgan fingerprint density at radius 3 is 2.51 bits per heavy atom. The first-order chi connectivity index (χ1) is 17.0. The first kappa shape index (κ1) is 24.9. The highest BCUT2D eigenvalue weighted by molar-refractivity contribution is 6.46.